The summed E-state index contributed by atoms with van der Waals surface area (Å²) in [6, 6.07) is 7.01. The lowest BCUT2D eigenvalue weighted by molar-refractivity contribution is -0.150. The molecule has 3 amide bonds. The molecule has 5 rings (SSSR count). The van der Waals surface area contributed by atoms with Crippen molar-refractivity contribution >= 4 is 40.3 Å². The second-order valence-electron chi connectivity index (χ2n) is 12.3. The summed E-state index contributed by atoms with van der Waals surface area (Å²) in [4.78, 5) is 53.8. The highest BCUT2D eigenvalue weighted by Gasteiger charge is 2.51. The smallest absolute Gasteiger partial charge is 0.329 e. The summed E-state index contributed by atoms with van der Waals surface area (Å²) in [6.07, 6.45) is 5.46. The number of aromatic nitrogens is 1. The third kappa shape index (κ3) is 7.90. The fourth-order valence-electron chi connectivity index (χ4n) is 7.24. The summed E-state index contributed by atoms with van der Waals surface area (Å²) in [5, 5.41) is 15.0. The van der Waals surface area contributed by atoms with Gasteiger partial charge >= 0.3 is 5.97 Å². The van der Waals surface area contributed by atoms with Crippen LogP contribution in [0.3, 0.4) is 0 Å². The van der Waals surface area contributed by atoms with E-state index in [1.165, 1.54) is 11.3 Å². The lowest BCUT2D eigenvalue weighted by atomic mass is 9.66. The second kappa shape index (κ2) is 16.5. The Kier molecular flexibility index (Phi) is 12.2. The number of esters is 1. The van der Waals surface area contributed by atoms with E-state index in [4.69, 9.17) is 29.8 Å². The zero-order valence-electron chi connectivity index (χ0n) is 27.5. The number of piperidine rings is 1. The molecule has 1 aromatic carbocycles. The van der Waals surface area contributed by atoms with Crippen LogP contribution in [0.5, 0.6) is 0 Å². The summed E-state index contributed by atoms with van der Waals surface area (Å²) >= 11 is 0. The molecule has 3 atom stereocenters. The zero-order chi connectivity index (χ0) is 34.1. The average Bonchev–Trinajstić information content (AvgIpc) is 3.43. The van der Waals surface area contributed by atoms with Gasteiger partial charge in [0.25, 0.3) is 5.91 Å². The van der Waals surface area contributed by atoms with Gasteiger partial charge in [-0.1, -0.05) is 25.1 Å². The number of nitrogens with two attached hydrogens (primary N) is 1. The Morgan fingerprint density at radius 2 is 1.73 bits per heavy atom. The SMILES string of the molecule is CC[C@@]12C=C(C(=O)NCC(=O)N[C@@H](CC(N)=O)C(=O)OCCOCCOCCOCCO)n3c4c(c5ccccc53)CCN(CCC1)C42. The van der Waals surface area contributed by atoms with E-state index in [2.05, 4.69) is 39.2 Å². The summed E-state index contributed by atoms with van der Waals surface area (Å²) in [5.74, 6) is -2.69. The number of primary amides is 1. The molecule has 14 heteroatoms. The molecule has 3 aliphatic heterocycles. The summed E-state index contributed by atoms with van der Waals surface area (Å²) in [5.41, 5.74) is 9.06. The quantitative estimate of drug-likeness (QED) is 0.122. The van der Waals surface area contributed by atoms with Crippen LogP contribution in [0, 0.1) is 5.41 Å². The van der Waals surface area contributed by atoms with Crippen LogP contribution >= 0.6 is 0 Å². The first kappa shape index (κ1) is 35.5. The van der Waals surface area contributed by atoms with Gasteiger partial charge in [0.2, 0.25) is 11.8 Å². The van der Waals surface area contributed by atoms with Gasteiger partial charge in [-0.05, 0) is 49.9 Å². The highest BCUT2D eigenvalue weighted by Crippen LogP contribution is 2.56. The van der Waals surface area contributed by atoms with Crippen LogP contribution in [0.2, 0.25) is 0 Å². The number of aliphatic hydroxyl groups is 1. The Morgan fingerprint density at radius 1 is 1.02 bits per heavy atom. The van der Waals surface area contributed by atoms with Crippen molar-refractivity contribution in [3.63, 3.8) is 0 Å². The van der Waals surface area contributed by atoms with Gasteiger partial charge in [0.15, 0.2) is 0 Å². The van der Waals surface area contributed by atoms with Gasteiger partial charge in [-0.15, -0.1) is 0 Å². The van der Waals surface area contributed by atoms with Crippen LogP contribution in [0.1, 0.15) is 49.9 Å². The van der Waals surface area contributed by atoms with Gasteiger partial charge in [-0.2, -0.15) is 0 Å². The molecule has 1 fully saturated rings. The molecule has 1 saturated heterocycles. The van der Waals surface area contributed by atoms with E-state index in [-0.39, 0.29) is 44.5 Å². The predicted molar refractivity (Wildman–Crippen MR) is 175 cm³/mol. The van der Waals surface area contributed by atoms with Gasteiger partial charge in [0.1, 0.15) is 18.3 Å². The van der Waals surface area contributed by atoms with Gasteiger partial charge in [0, 0.05) is 23.0 Å². The number of benzene rings is 1. The zero-order valence-corrected chi connectivity index (χ0v) is 27.5. The van der Waals surface area contributed by atoms with E-state index in [1.807, 2.05) is 18.2 Å². The van der Waals surface area contributed by atoms with Gasteiger partial charge in [0.05, 0.1) is 70.8 Å². The van der Waals surface area contributed by atoms with Crippen molar-refractivity contribution in [3.05, 3.63) is 41.6 Å². The lowest BCUT2D eigenvalue weighted by Gasteiger charge is -2.53. The number of rotatable bonds is 19. The Bertz CT molecular complexity index is 1510. The Labute approximate surface area is 279 Å². The number of carbonyl (C=O) groups excluding carboxylic acids is 4. The summed E-state index contributed by atoms with van der Waals surface area (Å²) in [7, 11) is 0. The fraction of sp³-hybridized carbons (Fsp3) is 0.588. The predicted octanol–water partition coefficient (Wildman–Crippen LogP) is 0.647. The molecule has 0 bridgehead atoms. The number of hydrogen-bond acceptors (Lipinski definition) is 10. The minimum absolute atomic E-state index is 0.0477. The molecule has 4 heterocycles. The van der Waals surface area contributed by atoms with Gasteiger partial charge < -0.3 is 45.0 Å². The standard InChI is InChI=1S/C34H47N5O9/c1-2-34-9-5-10-38-11-8-24-23-6-3-4-7-26(23)39(30(24)31(34)38)27(21-34)32(43)36-22-29(42)37-25(20-28(35)41)33(44)48-19-18-47-17-16-46-15-14-45-13-12-40/h3-4,6-7,21,25,31,40H,2,5,8-20,22H2,1H3,(H2,35,41)(H,36,43)(H,37,42)/t25-,31?,34-/m0/s1. The molecule has 48 heavy (non-hydrogen) atoms. The van der Waals surface area contributed by atoms with Gasteiger partial charge in [-0.25, -0.2) is 4.79 Å². The number of fused-ring (bicyclic) bond motifs is 3. The van der Waals surface area contributed by atoms with Crippen molar-refractivity contribution in [1.29, 1.82) is 0 Å². The van der Waals surface area contributed by atoms with Crippen LogP contribution in [-0.2, 0) is 44.5 Å². The molecule has 3 aliphatic rings. The van der Waals surface area contributed by atoms with E-state index < -0.39 is 42.7 Å². The van der Waals surface area contributed by atoms with Gasteiger partial charge in [-0.3, -0.25) is 19.3 Å². The first-order valence-corrected chi connectivity index (χ1v) is 16.8. The van der Waals surface area contributed by atoms with Crippen LogP contribution < -0.4 is 16.4 Å². The van der Waals surface area contributed by atoms with Crippen molar-refractivity contribution < 1.29 is 43.2 Å². The minimum atomic E-state index is -1.32. The van der Waals surface area contributed by atoms with E-state index in [1.54, 1.807) is 0 Å². The maximum absolute atomic E-state index is 13.9. The van der Waals surface area contributed by atoms with Crippen LogP contribution in [0.4, 0.5) is 0 Å². The fourth-order valence-corrected chi connectivity index (χ4v) is 7.24. The minimum Gasteiger partial charge on any atom is -0.462 e. The monoisotopic (exact) mass is 669 g/mol. The molecule has 0 radical (unpaired) electrons. The van der Waals surface area contributed by atoms with Crippen molar-refractivity contribution in [3.8, 4) is 0 Å². The highest BCUT2D eigenvalue weighted by molar-refractivity contribution is 6.17. The number of para-hydroxylation sites is 1. The Balaban J connectivity index is 1.17. The first-order valence-electron chi connectivity index (χ1n) is 16.8. The molecule has 0 spiro atoms. The first-order chi connectivity index (χ1) is 23.3. The van der Waals surface area contributed by atoms with E-state index in [9.17, 15) is 19.2 Å². The maximum atomic E-state index is 13.9. The number of aliphatic hydroxyl groups excluding tert-OH is 1. The molecule has 14 nitrogen and oxygen atoms in total. The molecular formula is C34H47N5O9. The van der Waals surface area contributed by atoms with Crippen molar-refractivity contribution in [2.45, 2.75) is 51.1 Å². The Morgan fingerprint density at radius 3 is 2.44 bits per heavy atom. The molecular weight excluding hydrogens is 622 g/mol. The van der Waals surface area contributed by atoms with Crippen molar-refractivity contribution in [2.75, 3.05) is 72.5 Å². The number of carbonyl (C=O) groups is 4. The van der Waals surface area contributed by atoms with E-state index >= 15 is 0 Å². The number of nitrogens with one attached hydrogen (secondary N) is 2. The van der Waals surface area contributed by atoms with E-state index in [0.717, 1.165) is 49.7 Å². The topological polar surface area (TPSA) is 184 Å². The second-order valence-corrected chi connectivity index (χ2v) is 12.3. The van der Waals surface area contributed by atoms with Crippen LogP contribution in [0.15, 0.2) is 30.3 Å². The maximum Gasteiger partial charge on any atom is 0.329 e. The number of nitrogens with zero attached hydrogens (tertiary/aromatic N) is 2. The van der Waals surface area contributed by atoms with E-state index in [0.29, 0.717) is 25.5 Å². The molecule has 2 aromatic rings. The molecule has 262 valence electrons. The lowest BCUT2D eigenvalue weighted by Crippen LogP contribution is -2.52. The van der Waals surface area contributed by atoms with Crippen LogP contribution in [-0.4, -0.2) is 117 Å². The third-order valence-corrected chi connectivity index (χ3v) is 9.37. The number of amides is 3. The van der Waals surface area contributed by atoms with Crippen LogP contribution in [0.25, 0.3) is 16.6 Å². The normalized spacial score (nSPS) is 20.5. The summed E-state index contributed by atoms with van der Waals surface area (Å²) < 4.78 is 23.0. The summed E-state index contributed by atoms with van der Waals surface area (Å²) in [6.45, 7) is 5.23. The highest BCUT2D eigenvalue weighted by atomic mass is 16.6. The molecule has 5 N–H and O–H groups in total. The largest absolute Gasteiger partial charge is 0.462 e. The molecule has 1 aromatic heterocycles. The van der Waals surface area contributed by atoms with Crippen molar-refractivity contribution in [2.24, 2.45) is 11.1 Å². The number of hydrogen-bond donors (Lipinski definition) is 4. The molecule has 0 aliphatic carbocycles. The Hall–Kier alpha value is -3.82. The molecule has 1 unspecified atom stereocenters. The molecule has 0 saturated carbocycles. The number of ether oxygens (including phenoxy) is 4. The average molecular weight is 670 g/mol. The third-order valence-electron chi connectivity index (χ3n) is 9.37. The van der Waals surface area contributed by atoms with Crippen molar-refractivity contribution in [1.82, 2.24) is 20.1 Å².